The summed E-state index contributed by atoms with van der Waals surface area (Å²) >= 11 is 0. The van der Waals surface area contributed by atoms with E-state index in [0.29, 0.717) is 18.9 Å². The zero-order valence-corrected chi connectivity index (χ0v) is 8.67. The summed E-state index contributed by atoms with van der Waals surface area (Å²) in [7, 11) is 0. The molecule has 0 aromatic carbocycles. The van der Waals surface area contributed by atoms with E-state index < -0.39 is 0 Å². The van der Waals surface area contributed by atoms with Crippen LogP contribution in [0.2, 0.25) is 0 Å². The fourth-order valence-electron chi connectivity index (χ4n) is 1.14. The van der Waals surface area contributed by atoms with Crippen molar-refractivity contribution in [3.63, 3.8) is 0 Å². The van der Waals surface area contributed by atoms with Crippen LogP contribution >= 0.6 is 0 Å². The maximum atomic E-state index is 5.39. The molecular formula is C11H11N5. The number of hydrogen-bond donors (Lipinski definition) is 1. The van der Waals surface area contributed by atoms with Crippen molar-refractivity contribution >= 4 is 0 Å². The van der Waals surface area contributed by atoms with E-state index in [0.717, 1.165) is 5.56 Å². The first-order valence-electron chi connectivity index (χ1n) is 4.86. The molecule has 0 aliphatic rings. The van der Waals surface area contributed by atoms with Gasteiger partial charge in [-0.1, -0.05) is 11.8 Å². The lowest BCUT2D eigenvalue weighted by atomic mass is 10.3. The van der Waals surface area contributed by atoms with Crippen molar-refractivity contribution in [2.24, 2.45) is 5.73 Å². The van der Waals surface area contributed by atoms with Crippen molar-refractivity contribution < 1.29 is 0 Å². The monoisotopic (exact) mass is 213 g/mol. The second-order valence-corrected chi connectivity index (χ2v) is 3.10. The fourth-order valence-corrected chi connectivity index (χ4v) is 1.14. The summed E-state index contributed by atoms with van der Waals surface area (Å²) in [5.74, 6) is 6.56. The Balaban J connectivity index is 2.01. The molecule has 80 valence electrons. The van der Waals surface area contributed by atoms with Gasteiger partial charge in [0.2, 0.25) is 0 Å². The summed E-state index contributed by atoms with van der Waals surface area (Å²) < 4.78 is 1.75. The molecule has 0 fully saturated rings. The molecule has 5 nitrogen and oxygen atoms in total. The number of aromatic nitrogens is 4. The molecule has 0 saturated heterocycles. The predicted octanol–water partition coefficient (Wildman–Crippen LogP) is 0.183. The van der Waals surface area contributed by atoms with Gasteiger partial charge in [0.25, 0.3) is 0 Å². The zero-order chi connectivity index (χ0) is 11.2. The molecule has 2 N–H and O–H groups in total. The third-order valence-corrected chi connectivity index (χ3v) is 1.92. The topological polar surface area (TPSA) is 69.6 Å². The Hall–Kier alpha value is -2.19. The Bertz CT molecular complexity index is 489. The Morgan fingerprint density at radius 3 is 2.75 bits per heavy atom. The maximum Gasteiger partial charge on any atom is 0.141 e. The first-order valence-corrected chi connectivity index (χ1v) is 4.86. The third-order valence-electron chi connectivity index (χ3n) is 1.92. The number of nitrogens with zero attached hydrogens (tertiary/aromatic N) is 4. The van der Waals surface area contributed by atoms with Crippen molar-refractivity contribution in [1.29, 1.82) is 0 Å². The van der Waals surface area contributed by atoms with E-state index in [2.05, 4.69) is 26.9 Å². The van der Waals surface area contributed by atoms with E-state index in [1.54, 1.807) is 23.3 Å². The molecule has 0 aliphatic heterocycles. The second kappa shape index (κ2) is 5.05. The first-order chi connectivity index (χ1) is 7.88. The van der Waals surface area contributed by atoms with E-state index in [1.165, 1.54) is 0 Å². The normalized spacial score (nSPS) is 9.56. The summed E-state index contributed by atoms with van der Waals surface area (Å²) in [6, 6.07) is 1.86. The largest absolute Gasteiger partial charge is 0.324 e. The van der Waals surface area contributed by atoms with Gasteiger partial charge in [-0.15, -0.1) is 0 Å². The molecule has 0 aliphatic carbocycles. The van der Waals surface area contributed by atoms with Gasteiger partial charge in [-0.25, -0.2) is 9.97 Å². The van der Waals surface area contributed by atoms with Crippen molar-refractivity contribution in [1.82, 2.24) is 19.7 Å². The van der Waals surface area contributed by atoms with Gasteiger partial charge in [0.15, 0.2) is 0 Å². The van der Waals surface area contributed by atoms with Crippen LogP contribution in [0.3, 0.4) is 0 Å². The summed E-state index contributed by atoms with van der Waals surface area (Å²) in [5.41, 5.74) is 6.17. The van der Waals surface area contributed by atoms with Crippen molar-refractivity contribution in [3.05, 3.63) is 42.2 Å². The minimum atomic E-state index is 0.348. The Morgan fingerprint density at radius 1 is 1.31 bits per heavy atom. The molecule has 0 unspecified atom stereocenters. The Morgan fingerprint density at radius 2 is 2.12 bits per heavy atom. The van der Waals surface area contributed by atoms with Crippen molar-refractivity contribution in [3.8, 4) is 11.8 Å². The van der Waals surface area contributed by atoms with Gasteiger partial charge < -0.3 is 5.73 Å². The highest BCUT2D eigenvalue weighted by Crippen LogP contribution is 1.93. The second-order valence-electron chi connectivity index (χ2n) is 3.10. The lowest BCUT2D eigenvalue weighted by molar-refractivity contribution is 0.715. The fraction of sp³-hybridized carbons (Fsp3) is 0.182. The lowest BCUT2D eigenvalue weighted by Gasteiger charge is -1.94. The van der Waals surface area contributed by atoms with Crippen molar-refractivity contribution in [2.45, 2.75) is 13.1 Å². The maximum absolute atomic E-state index is 5.39. The molecule has 0 atom stereocenters. The average Bonchev–Trinajstić information content (AvgIpc) is 2.83. The van der Waals surface area contributed by atoms with Crippen LogP contribution in [0, 0.1) is 11.8 Å². The van der Waals surface area contributed by atoms with Gasteiger partial charge in [-0.05, 0) is 6.07 Å². The molecule has 2 aromatic heterocycles. The van der Waals surface area contributed by atoms with Gasteiger partial charge >= 0.3 is 0 Å². The third kappa shape index (κ3) is 2.65. The first kappa shape index (κ1) is 10.3. The van der Waals surface area contributed by atoms with E-state index >= 15 is 0 Å². The summed E-state index contributed by atoms with van der Waals surface area (Å²) in [6.07, 6.45) is 6.93. The predicted molar refractivity (Wildman–Crippen MR) is 59.0 cm³/mol. The van der Waals surface area contributed by atoms with Gasteiger partial charge in [-0.3, -0.25) is 4.68 Å². The molecule has 0 bridgehead atoms. The van der Waals surface area contributed by atoms with Gasteiger partial charge in [0.05, 0.1) is 12.1 Å². The van der Waals surface area contributed by atoms with E-state index in [9.17, 15) is 0 Å². The Labute approximate surface area is 93.3 Å². The standard InChI is InChI=1S/C11H11N5/c12-7-11-13-8-10(9-14-11)3-1-5-16-6-2-4-15-16/h2,4,6,8-9H,5,7,12H2. The average molecular weight is 213 g/mol. The van der Waals surface area contributed by atoms with Crippen LogP contribution in [-0.2, 0) is 13.1 Å². The van der Waals surface area contributed by atoms with Gasteiger partial charge in [-0.2, -0.15) is 5.10 Å². The highest BCUT2D eigenvalue weighted by molar-refractivity contribution is 5.29. The molecule has 2 aromatic rings. The molecule has 5 heteroatoms. The molecule has 0 amide bonds. The minimum absolute atomic E-state index is 0.348. The van der Waals surface area contributed by atoms with E-state index in [1.807, 2.05) is 12.3 Å². The van der Waals surface area contributed by atoms with Crippen LogP contribution in [-0.4, -0.2) is 19.7 Å². The smallest absolute Gasteiger partial charge is 0.141 e. The summed E-state index contributed by atoms with van der Waals surface area (Å²) in [4.78, 5) is 8.10. The van der Waals surface area contributed by atoms with Crippen LogP contribution < -0.4 is 5.73 Å². The SMILES string of the molecule is NCc1ncc(C#CCn2cccn2)cn1. The highest BCUT2D eigenvalue weighted by atomic mass is 15.3. The summed E-state index contributed by atoms with van der Waals surface area (Å²) in [5, 5.41) is 4.04. The van der Waals surface area contributed by atoms with Crippen LogP contribution in [0.25, 0.3) is 0 Å². The Kier molecular flexibility index (Phi) is 3.26. The molecule has 16 heavy (non-hydrogen) atoms. The molecule has 0 saturated carbocycles. The molecule has 2 heterocycles. The van der Waals surface area contributed by atoms with Crippen LogP contribution in [0.15, 0.2) is 30.9 Å². The lowest BCUT2D eigenvalue weighted by Crippen LogP contribution is -2.02. The van der Waals surface area contributed by atoms with E-state index in [-0.39, 0.29) is 0 Å². The number of nitrogens with two attached hydrogens (primary N) is 1. The zero-order valence-electron chi connectivity index (χ0n) is 8.67. The quantitative estimate of drug-likeness (QED) is 0.723. The molecule has 0 spiro atoms. The number of rotatable bonds is 2. The molecular weight excluding hydrogens is 202 g/mol. The summed E-state index contributed by atoms with van der Waals surface area (Å²) in [6.45, 7) is 0.909. The van der Waals surface area contributed by atoms with Crippen LogP contribution in [0.5, 0.6) is 0 Å². The van der Waals surface area contributed by atoms with Crippen LogP contribution in [0.4, 0.5) is 0 Å². The minimum Gasteiger partial charge on any atom is -0.324 e. The highest BCUT2D eigenvalue weighted by Gasteiger charge is 1.91. The number of hydrogen-bond acceptors (Lipinski definition) is 4. The van der Waals surface area contributed by atoms with Crippen LogP contribution in [0.1, 0.15) is 11.4 Å². The van der Waals surface area contributed by atoms with Gasteiger partial charge in [0.1, 0.15) is 12.4 Å². The van der Waals surface area contributed by atoms with E-state index in [4.69, 9.17) is 5.73 Å². The molecule has 0 radical (unpaired) electrons. The molecule has 2 rings (SSSR count). The van der Waals surface area contributed by atoms with Crippen molar-refractivity contribution in [2.75, 3.05) is 0 Å². The van der Waals surface area contributed by atoms with Gasteiger partial charge in [0, 0.05) is 24.8 Å².